The van der Waals surface area contributed by atoms with E-state index in [1.165, 1.54) is 5.69 Å². The number of thiocarbonyl (C=S) groups is 1. The Balaban J connectivity index is 1.77. The Kier molecular flexibility index (Phi) is 4.51. The summed E-state index contributed by atoms with van der Waals surface area (Å²) in [5.74, 6) is 0.892. The van der Waals surface area contributed by atoms with Gasteiger partial charge in [-0.1, -0.05) is 6.07 Å². The summed E-state index contributed by atoms with van der Waals surface area (Å²) in [5.41, 5.74) is 2.20. The molecule has 6 heteroatoms. The van der Waals surface area contributed by atoms with Crippen molar-refractivity contribution in [3.63, 3.8) is 0 Å². The van der Waals surface area contributed by atoms with Gasteiger partial charge in [-0.05, 0) is 62.5 Å². The number of rotatable bonds is 5. The molecule has 4 rings (SSSR count). The predicted molar refractivity (Wildman–Crippen MR) is 105 cm³/mol. The van der Waals surface area contributed by atoms with Crippen molar-refractivity contribution in [1.82, 2.24) is 19.8 Å². The maximum absolute atomic E-state index is 5.69. The fourth-order valence-corrected chi connectivity index (χ4v) is 3.90. The monoisotopic (exact) mass is 366 g/mol. The molecular formula is C20H22N4OS. The van der Waals surface area contributed by atoms with E-state index in [2.05, 4.69) is 51.9 Å². The van der Waals surface area contributed by atoms with Gasteiger partial charge in [-0.25, -0.2) is 0 Å². The molecule has 0 aliphatic carbocycles. The summed E-state index contributed by atoms with van der Waals surface area (Å²) in [5, 5.41) is 4.20. The molecule has 134 valence electrons. The molecule has 0 aromatic carbocycles. The molecular weight excluding hydrogens is 344 g/mol. The van der Waals surface area contributed by atoms with E-state index in [-0.39, 0.29) is 12.1 Å². The topological polar surface area (TPSA) is 46.2 Å². The Bertz CT molecular complexity index is 872. The van der Waals surface area contributed by atoms with Crippen LogP contribution in [0.25, 0.3) is 0 Å². The van der Waals surface area contributed by atoms with Crippen LogP contribution in [0.3, 0.4) is 0 Å². The van der Waals surface area contributed by atoms with Gasteiger partial charge in [0.25, 0.3) is 0 Å². The van der Waals surface area contributed by atoms with Crippen LogP contribution in [-0.4, -0.2) is 19.6 Å². The second-order valence-corrected chi connectivity index (χ2v) is 7.15. The minimum absolute atomic E-state index is 0.00828. The van der Waals surface area contributed by atoms with E-state index in [1.54, 1.807) is 6.26 Å². The smallest absolute Gasteiger partial charge is 0.170 e. The van der Waals surface area contributed by atoms with Crippen molar-refractivity contribution in [3.8, 4) is 0 Å². The average molecular weight is 366 g/mol. The Morgan fingerprint density at radius 1 is 1.19 bits per heavy atom. The fourth-order valence-electron chi connectivity index (χ4n) is 3.60. The number of pyridine rings is 1. The van der Waals surface area contributed by atoms with Crippen molar-refractivity contribution in [2.24, 2.45) is 0 Å². The Morgan fingerprint density at radius 2 is 2.08 bits per heavy atom. The third kappa shape index (κ3) is 3.01. The molecule has 26 heavy (non-hydrogen) atoms. The van der Waals surface area contributed by atoms with Crippen LogP contribution in [0.15, 0.2) is 65.5 Å². The lowest BCUT2D eigenvalue weighted by molar-refractivity contribution is 0.273. The lowest BCUT2D eigenvalue weighted by Crippen LogP contribution is -2.30. The molecule has 0 saturated carbocycles. The summed E-state index contributed by atoms with van der Waals surface area (Å²) in [4.78, 5) is 6.78. The van der Waals surface area contributed by atoms with Crippen molar-refractivity contribution >= 4 is 17.3 Å². The molecule has 0 radical (unpaired) electrons. The first-order valence-corrected chi connectivity index (χ1v) is 9.23. The van der Waals surface area contributed by atoms with Crippen LogP contribution < -0.4 is 5.32 Å². The third-order valence-corrected chi connectivity index (χ3v) is 5.13. The largest absolute Gasteiger partial charge is 0.467 e. The lowest BCUT2D eigenvalue weighted by Gasteiger charge is -2.29. The molecule has 1 N–H and O–H groups in total. The molecule has 0 amide bonds. The van der Waals surface area contributed by atoms with Crippen LogP contribution in [-0.2, 0) is 6.54 Å². The van der Waals surface area contributed by atoms with Crippen molar-refractivity contribution < 1.29 is 4.42 Å². The fraction of sp³-hybridized carbons (Fsp3) is 0.300. The zero-order chi connectivity index (χ0) is 18.1. The molecule has 0 bridgehead atoms. The number of nitrogens with one attached hydrogen (secondary N) is 1. The summed E-state index contributed by atoms with van der Waals surface area (Å²) < 4.78 is 7.87. The molecule has 5 nitrogen and oxygen atoms in total. The number of hydrogen-bond acceptors (Lipinski definition) is 3. The van der Waals surface area contributed by atoms with E-state index in [1.807, 2.05) is 36.5 Å². The van der Waals surface area contributed by atoms with Crippen molar-refractivity contribution in [1.29, 1.82) is 0 Å². The highest BCUT2D eigenvalue weighted by molar-refractivity contribution is 7.80. The van der Waals surface area contributed by atoms with Gasteiger partial charge in [0.05, 0.1) is 30.6 Å². The standard InChI is InChI=1S/C20H22N4OS/c1-14(2)23-11-5-9-17(23)19-18(16-8-3-4-10-21-16)22-20(26)24(19)13-15-7-6-12-25-15/h3-12,14,18-19H,13H2,1-2H3,(H,22,26)/t18-,19+/m1/s1. The molecule has 1 fully saturated rings. The number of hydrogen-bond donors (Lipinski definition) is 1. The zero-order valence-corrected chi connectivity index (χ0v) is 15.7. The highest BCUT2D eigenvalue weighted by Gasteiger charge is 2.41. The Morgan fingerprint density at radius 3 is 2.77 bits per heavy atom. The van der Waals surface area contributed by atoms with Gasteiger partial charge in [-0.2, -0.15) is 0 Å². The minimum Gasteiger partial charge on any atom is -0.467 e. The van der Waals surface area contributed by atoms with E-state index in [0.717, 1.165) is 16.6 Å². The second-order valence-electron chi connectivity index (χ2n) is 6.77. The lowest BCUT2D eigenvalue weighted by atomic mass is 10.0. The first-order valence-electron chi connectivity index (χ1n) is 8.82. The van der Waals surface area contributed by atoms with Crippen LogP contribution in [0.1, 0.15) is 49.1 Å². The summed E-state index contributed by atoms with van der Waals surface area (Å²) in [6.45, 7) is 5.00. The van der Waals surface area contributed by atoms with Crippen LogP contribution in [0.4, 0.5) is 0 Å². The first kappa shape index (κ1) is 16.8. The van der Waals surface area contributed by atoms with Crippen LogP contribution in [0.5, 0.6) is 0 Å². The van der Waals surface area contributed by atoms with E-state index in [9.17, 15) is 0 Å². The summed E-state index contributed by atoms with van der Waals surface area (Å²) in [6.07, 6.45) is 5.65. The normalized spacial score (nSPS) is 20.0. The molecule has 0 spiro atoms. The molecule has 4 heterocycles. The minimum atomic E-state index is -0.00828. The van der Waals surface area contributed by atoms with Crippen LogP contribution in [0.2, 0.25) is 0 Å². The molecule has 1 aliphatic rings. The van der Waals surface area contributed by atoms with Gasteiger partial charge in [0.15, 0.2) is 5.11 Å². The summed E-state index contributed by atoms with van der Waals surface area (Å²) in [6, 6.07) is 14.5. The van der Waals surface area contributed by atoms with E-state index in [0.29, 0.717) is 12.6 Å². The Labute approximate surface area is 158 Å². The molecule has 1 aliphatic heterocycles. The van der Waals surface area contributed by atoms with Gasteiger partial charge in [0.2, 0.25) is 0 Å². The van der Waals surface area contributed by atoms with Crippen LogP contribution in [0, 0.1) is 0 Å². The maximum Gasteiger partial charge on any atom is 0.170 e. The van der Waals surface area contributed by atoms with Gasteiger partial charge in [0, 0.05) is 24.1 Å². The second kappa shape index (κ2) is 6.96. The molecule has 3 aromatic rings. The highest BCUT2D eigenvalue weighted by atomic mass is 32.1. The quantitative estimate of drug-likeness (QED) is 0.685. The average Bonchev–Trinajstić information content (AvgIpc) is 3.37. The van der Waals surface area contributed by atoms with E-state index in [4.69, 9.17) is 16.6 Å². The number of nitrogens with zero attached hydrogens (tertiary/aromatic N) is 3. The highest BCUT2D eigenvalue weighted by Crippen LogP contribution is 2.40. The Hall–Kier alpha value is -2.60. The van der Waals surface area contributed by atoms with E-state index < -0.39 is 0 Å². The summed E-state index contributed by atoms with van der Waals surface area (Å²) in [7, 11) is 0. The van der Waals surface area contributed by atoms with Crippen molar-refractivity contribution in [2.45, 2.75) is 38.5 Å². The van der Waals surface area contributed by atoms with Gasteiger partial charge in [-0.15, -0.1) is 0 Å². The number of aromatic nitrogens is 2. The molecule has 0 unspecified atom stereocenters. The number of furan rings is 1. The van der Waals surface area contributed by atoms with Crippen molar-refractivity contribution in [3.05, 3.63) is 78.3 Å². The van der Waals surface area contributed by atoms with Gasteiger partial charge in [-0.3, -0.25) is 4.98 Å². The van der Waals surface area contributed by atoms with Crippen LogP contribution >= 0.6 is 12.2 Å². The predicted octanol–water partition coefficient (Wildman–Crippen LogP) is 4.23. The SMILES string of the molecule is CC(C)n1cccc1[C@H]1[C@@H](c2ccccn2)NC(=S)N1Cc1ccco1. The molecule has 1 saturated heterocycles. The zero-order valence-electron chi connectivity index (χ0n) is 14.9. The van der Waals surface area contributed by atoms with Gasteiger partial charge < -0.3 is 19.2 Å². The molecule has 3 aromatic heterocycles. The summed E-state index contributed by atoms with van der Waals surface area (Å²) >= 11 is 5.69. The van der Waals surface area contributed by atoms with Gasteiger partial charge in [0.1, 0.15) is 5.76 Å². The maximum atomic E-state index is 5.69. The third-order valence-electron chi connectivity index (χ3n) is 4.78. The van der Waals surface area contributed by atoms with E-state index >= 15 is 0 Å². The van der Waals surface area contributed by atoms with Gasteiger partial charge >= 0.3 is 0 Å². The van der Waals surface area contributed by atoms with Crippen molar-refractivity contribution in [2.75, 3.05) is 0 Å². The first-order chi connectivity index (χ1) is 12.6. The molecule has 2 atom stereocenters.